The van der Waals surface area contributed by atoms with Crippen molar-refractivity contribution in [3.8, 4) is 0 Å². The molecule has 6 heteroatoms. The molecule has 1 aliphatic carbocycles. The van der Waals surface area contributed by atoms with Crippen LogP contribution < -0.4 is 5.32 Å². The Morgan fingerprint density at radius 3 is 2.28 bits per heavy atom. The van der Waals surface area contributed by atoms with Crippen LogP contribution in [0.25, 0.3) is 0 Å². The first kappa shape index (κ1) is 26.7. The van der Waals surface area contributed by atoms with Crippen LogP contribution >= 0.6 is 0 Å². The predicted octanol–water partition coefficient (Wildman–Crippen LogP) is 4.52. The Kier molecular flexibility index (Phi) is 11.5. The van der Waals surface area contributed by atoms with Crippen molar-refractivity contribution in [3.05, 3.63) is 0 Å². The highest BCUT2D eigenvalue weighted by Crippen LogP contribution is 2.29. The summed E-state index contributed by atoms with van der Waals surface area (Å²) in [6.45, 7) is 9.86. The molecule has 2 aliphatic rings. The van der Waals surface area contributed by atoms with Crippen LogP contribution in [-0.4, -0.2) is 59.2 Å². The van der Waals surface area contributed by atoms with Gasteiger partial charge in [0.2, 0.25) is 17.7 Å². The van der Waals surface area contributed by atoms with E-state index in [1.54, 1.807) is 0 Å². The first-order valence-corrected chi connectivity index (χ1v) is 13.2. The molecular formula is C26H47N3O3. The van der Waals surface area contributed by atoms with Crippen molar-refractivity contribution < 1.29 is 14.4 Å². The summed E-state index contributed by atoms with van der Waals surface area (Å²) < 4.78 is 0. The Balaban J connectivity index is 1.80. The van der Waals surface area contributed by atoms with Crippen LogP contribution in [-0.2, 0) is 14.4 Å². The summed E-state index contributed by atoms with van der Waals surface area (Å²) in [5, 5.41) is 2.99. The maximum absolute atomic E-state index is 13.2. The maximum Gasteiger partial charge on any atom is 0.245 e. The Labute approximate surface area is 195 Å². The smallest absolute Gasteiger partial charge is 0.245 e. The first-order valence-electron chi connectivity index (χ1n) is 13.2. The van der Waals surface area contributed by atoms with Crippen molar-refractivity contribution >= 4 is 17.7 Å². The van der Waals surface area contributed by atoms with E-state index in [-0.39, 0.29) is 29.7 Å². The van der Waals surface area contributed by atoms with Crippen LogP contribution in [0.5, 0.6) is 0 Å². The first-order chi connectivity index (χ1) is 15.3. The van der Waals surface area contributed by atoms with Gasteiger partial charge in [-0.15, -0.1) is 0 Å². The summed E-state index contributed by atoms with van der Waals surface area (Å²) in [4.78, 5) is 42.2. The number of nitrogens with one attached hydrogen (secondary N) is 1. The van der Waals surface area contributed by atoms with Crippen LogP contribution in [0.4, 0.5) is 0 Å². The zero-order chi connectivity index (χ0) is 23.5. The van der Waals surface area contributed by atoms with E-state index in [0.717, 1.165) is 31.6 Å². The zero-order valence-corrected chi connectivity index (χ0v) is 21.0. The van der Waals surface area contributed by atoms with Crippen LogP contribution in [0.1, 0.15) is 105 Å². The predicted molar refractivity (Wildman–Crippen MR) is 129 cm³/mol. The minimum Gasteiger partial charge on any atom is -0.344 e. The lowest BCUT2D eigenvalue weighted by Crippen LogP contribution is -2.59. The molecule has 184 valence electrons. The lowest BCUT2D eigenvalue weighted by molar-refractivity contribution is -0.145. The van der Waals surface area contributed by atoms with Crippen molar-refractivity contribution in [1.82, 2.24) is 15.1 Å². The molecule has 1 heterocycles. The Morgan fingerprint density at radius 1 is 0.969 bits per heavy atom. The molecule has 0 aromatic heterocycles. The number of piperazine rings is 1. The minimum absolute atomic E-state index is 0.00997. The fraction of sp³-hybridized carbons (Fsp3) is 0.885. The number of carbonyl (C=O) groups is 3. The number of hydrogen-bond acceptors (Lipinski definition) is 3. The summed E-state index contributed by atoms with van der Waals surface area (Å²) in [7, 11) is 0. The van der Waals surface area contributed by atoms with Gasteiger partial charge in [-0.2, -0.15) is 0 Å². The summed E-state index contributed by atoms with van der Waals surface area (Å²) in [5.74, 6) is 0.951. The van der Waals surface area contributed by atoms with Crippen molar-refractivity contribution in [1.29, 1.82) is 0 Å². The van der Waals surface area contributed by atoms with E-state index in [9.17, 15) is 14.4 Å². The largest absolute Gasteiger partial charge is 0.344 e. The molecule has 1 aliphatic heterocycles. The van der Waals surface area contributed by atoms with Crippen molar-refractivity contribution in [2.45, 2.75) is 117 Å². The Bertz CT molecular complexity index is 601. The highest BCUT2D eigenvalue weighted by molar-refractivity contribution is 5.88. The maximum atomic E-state index is 13.2. The van der Waals surface area contributed by atoms with Gasteiger partial charge in [-0.25, -0.2) is 0 Å². The monoisotopic (exact) mass is 449 g/mol. The van der Waals surface area contributed by atoms with Crippen molar-refractivity contribution in [3.63, 3.8) is 0 Å². The number of hydrogen-bond donors (Lipinski definition) is 1. The van der Waals surface area contributed by atoms with Gasteiger partial charge >= 0.3 is 0 Å². The highest BCUT2D eigenvalue weighted by atomic mass is 16.2. The molecule has 0 spiro atoms. The third kappa shape index (κ3) is 8.40. The Morgan fingerprint density at radius 2 is 1.66 bits per heavy atom. The van der Waals surface area contributed by atoms with Gasteiger partial charge in [0.1, 0.15) is 6.04 Å². The van der Waals surface area contributed by atoms with Gasteiger partial charge in [-0.1, -0.05) is 72.1 Å². The van der Waals surface area contributed by atoms with E-state index in [0.29, 0.717) is 32.5 Å². The standard InChI is InChI=1S/C26H47N3O3/c1-5-6-7-8-9-14-23(30)27-25(20(2)3)26(32)28-17-18-29(21(4)19-28)24(31)16-15-22-12-10-11-13-22/h20-22,25H,5-19H2,1-4H3,(H,27,30). The Hall–Kier alpha value is -1.59. The normalized spacial score (nSPS) is 20.6. The average Bonchev–Trinajstić information content (AvgIpc) is 3.28. The number of rotatable bonds is 12. The van der Waals surface area contributed by atoms with Crippen molar-refractivity contribution in [2.24, 2.45) is 11.8 Å². The van der Waals surface area contributed by atoms with E-state index >= 15 is 0 Å². The minimum atomic E-state index is -0.491. The van der Waals surface area contributed by atoms with Gasteiger partial charge in [-0.05, 0) is 31.6 Å². The summed E-state index contributed by atoms with van der Waals surface area (Å²) >= 11 is 0. The van der Waals surface area contributed by atoms with Crippen LogP contribution in [0.3, 0.4) is 0 Å². The van der Waals surface area contributed by atoms with Crippen LogP contribution in [0.2, 0.25) is 0 Å². The van der Waals surface area contributed by atoms with E-state index in [2.05, 4.69) is 12.2 Å². The molecule has 0 radical (unpaired) electrons. The fourth-order valence-corrected chi connectivity index (χ4v) is 5.14. The molecule has 6 nitrogen and oxygen atoms in total. The molecular weight excluding hydrogens is 402 g/mol. The third-order valence-corrected chi connectivity index (χ3v) is 7.26. The van der Waals surface area contributed by atoms with Gasteiger partial charge in [0.05, 0.1) is 0 Å². The molecule has 2 rings (SSSR count). The second-order valence-corrected chi connectivity index (χ2v) is 10.4. The number of unbranched alkanes of at least 4 members (excludes halogenated alkanes) is 4. The molecule has 32 heavy (non-hydrogen) atoms. The topological polar surface area (TPSA) is 69.7 Å². The molecule has 0 aromatic rings. The summed E-state index contributed by atoms with van der Waals surface area (Å²) in [6, 6.07) is -0.471. The molecule has 2 fully saturated rings. The molecule has 1 saturated carbocycles. The fourth-order valence-electron chi connectivity index (χ4n) is 5.14. The van der Waals surface area contributed by atoms with Gasteiger partial charge in [-0.3, -0.25) is 14.4 Å². The van der Waals surface area contributed by atoms with E-state index in [1.165, 1.54) is 38.5 Å². The highest BCUT2D eigenvalue weighted by Gasteiger charge is 2.34. The second kappa shape index (κ2) is 13.8. The van der Waals surface area contributed by atoms with E-state index in [4.69, 9.17) is 0 Å². The number of carbonyl (C=O) groups excluding carboxylic acids is 3. The molecule has 2 atom stereocenters. The summed E-state index contributed by atoms with van der Waals surface area (Å²) in [5.41, 5.74) is 0. The van der Waals surface area contributed by atoms with E-state index < -0.39 is 6.04 Å². The molecule has 2 unspecified atom stereocenters. The number of nitrogens with zero attached hydrogens (tertiary/aromatic N) is 2. The van der Waals surface area contributed by atoms with Gasteiger partial charge < -0.3 is 15.1 Å². The van der Waals surface area contributed by atoms with Gasteiger partial charge in [0.15, 0.2) is 0 Å². The SMILES string of the molecule is CCCCCCCC(=O)NC(C(=O)N1CCN(C(=O)CCC2CCCC2)C(C)C1)C(C)C. The lowest BCUT2D eigenvalue weighted by Gasteiger charge is -2.41. The van der Waals surface area contributed by atoms with Crippen molar-refractivity contribution in [2.75, 3.05) is 19.6 Å². The molecule has 3 amide bonds. The molecule has 1 N–H and O–H groups in total. The molecule has 1 saturated heterocycles. The average molecular weight is 450 g/mol. The zero-order valence-electron chi connectivity index (χ0n) is 21.0. The second-order valence-electron chi connectivity index (χ2n) is 10.4. The molecule has 0 bridgehead atoms. The van der Waals surface area contributed by atoms with Gasteiger partial charge in [0.25, 0.3) is 0 Å². The van der Waals surface area contributed by atoms with E-state index in [1.807, 2.05) is 30.6 Å². The molecule has 0 aromatic carbocycles. The summed E-state index contributed by atoms with van der Waals surface area (Å²) in [6.07, 6.45) is 12.8. The third-order valence-electron chi connectivity index (χ3n) is 7.26. The number of amides is 3. The lowest BCUT2D eigenvalue weighted by atomic mass is 10.00. The van der Waals surface area contributed by atoms with Crippen LogP contribution in [0, 0.1) is 11.8 Å². The van der Waals surface area contributed by atoms with Gasteiger partial charge in [0, 0.05) is 38.5 Å². The quantitative estimate of drug-likeness (QED) is 0.446. The van der Waals surface area contributed by atoms with Crippen LogP contribution in [0.15, 0.2) is 0 Å².